The molecular weight excluding hydrogens is 686 g/mol. The number of benzene rings is 2. The first-order chi connectivity index (χ1) is 25.2. The molecule has 0 unspecified atom stereocenters. The summed E-state index contributed by atoms with van der Waals surface area (Å²) in [7, 11) is 0. The second-order valence-electron chi connectivity index (χ2n) is 13.3. The molecule has 1 aliphatic rings. The second kappa shape index (κ2) is 21.1. The Kier molecular flexibility index (Phi) is 17.0. The van der Waals surface area contributed by atoms with Crippen LogP contribution in [0.3, 0.4) is 0 Å². The van der Waals surface area contributed by atoms with Crippen LogP contribution in [0.25, 0.3) is 11.1 Å². The van der Waals surface area contributed by atoms with Crippen molar-refractivity contribution in [2.45, 2.75) is 80.9 Å². The van der Waals surface area contributed by atoms with Gasteiger partial charge < -0.3 is 71.2 Å². The molecule has 0 saturated carbocycles. The van der Waals surface area contributed by atoms with E-state index in [2.05, 4.69) is 26.6 Å². The normalized spacial score (nSPS) is 19.9. The maximum Gasteiger partial charge on any atom is 0.243 e. The Bertz CT molecular complexity index is 1560. The highest BCUT2D eigenvalue weighted by Gasteiger charge is 2.31. The van der Waals surface area contributed by atoms with Gasteiger partial charge in [0.25, 0.3) is 0 Å². The van der Waals surface area contributed by atoms with E-state index in [1.807, 2.05) is 12.1 Å². The van der Waals surface area contributed by atoms with Gasteiger partial charge in [0, 0.05) is 51.5 Å². The van der Waals surface area contributed by atoms with Gasteiger partial charge in [0.15, 0.2) is 0 Å². The Labute approximate surface area is 308 Å². The lowest BCUT2D eigenvalue weighted by atomic mass is 9.96. The summed E-state index contributed by atoms with van der Waals surface area (Å²) in [5, 5.41) is 33.9. The number of phenols is 1. The summed E-state index contributed by atoms with van der Waals surface area (Å²) in [5.74, 6) is -3.14. The molecule has 0 aromatic heterocycles. The highest BCUT2D eigenvalue weighted by atomic mass is 16.3. The molecule has 3 rings (SSSR count). The minimum Gasteiger partial charge on any atom is -0.508 e. The van der Waals surface area contributed by atoms with Gasteiger partial charge in [0.2, 0.25) is 29.5 Å². The van der Waals surface area contributed by atoms with Crippen molar-refractivity contribution in [2.75, 3.05) is 32.7 Å². The third-order valence-electron chi connectivity index (χ3n) is 8.84. The van der Waals surface area contributed by atoms with Gasteiger partial charge >= 0.3 is 0 Å². The maximum absolute atomic E-state index is 13.6. The summed E-state index contributed by atoms with van der Waals surface area (Å²) in [4.78, 5) is 65.2. The van der Waals surface area contributed by atoms with Gasteiger partial charge in [0.1, 0.15) is 23.9 Å². The average molecular weight is 742 g/mol. The quantitative estimate of drug-likeness (QED) is 0.0724. The van der Waals surface area contributed by atoms with Crippen molar-refractivity contribution in [1.29, 1.82) is 0 Å². The van der Waals surface area contributed by atoms with E-state index in [1.54, 1.807) is 24.3 Å². The number of rotatable bonds is 16. The number of phenolic OH excluding ortho intramolecular Hbond substituents is 1. The molecule has 53 heavy (non-hydrogen) atoms. The van der Waals surface area contributed by atoms with Gasteiger partial charge in [0.05, 0.1) is 18.2 Å². The van der Waals surface area contributed by atoms with E-state index in [9.17, 15) is 34.2 Å². The molecule has 18 heteroatoms. The lowest BCUT2D eigenvalue weighted by Gasteiger charge is -2.26. The van der Waals surface area contributed by atoms with Crippen molar-refractivity contribution in [3.8, 4) is 16.9 Å². The van der Waals surface area contributed by atoms with Crippen LogP contribution in [0.4, 0.5) is 0 Å². The van der Waals surface area contributed by atoms with Gasteiger partial charge in [-0.15, -0.1) is 0 Å². The van der Waals surface area contributed by atoms with Crippen LogP contribution in [-0.4, -0.2) is 115 Å². The number of hydrogen-bond acceptors (Lipinski definition) is 13. The Morgan fingerprint density at radius 1 is 0.849 bits per heavy atom. The number of nitrogens with two attached hydrogens (primary N) is 6. The molecule has 19 N–H and O–H groups in total. The molecule has 0 fully saturated rings. The van der Waals surface area contributed by atoms with E-state index < -0.39 is 59.9 Å². The largest absolute Gasteiger partial charge is 0.508 e. The summed E-state index contributed by atoms with van der Waals surface area (Å²) in [6, 6.07) is 6.22. The molecule has 18 nitrogen and oxygen atoms in total. The Morgan fingerprint density at radius 3 is 2.28 bits per heavy atom. The van der Waals surface area contributed by atoms with Gasteiger partial charge in [-0.3, -0.25) is 24.0 Å². The predicted octanol–water partition coefficient (Wildman–Crippen LogP) is -4.38. The molecule has 0 aliphatic carbocycles. The highest BCUT2D eigenvalue weighted by molar-refractivity contribution is 5.93. The minimum absolute atomic E-state index is 0.00417. The second-order valence-corrected chi connectivity index (χ2v) is 13.3. The molecule has 0 radical (unpaired) electrons. The minimum atomic E-state index is -1.32. The third kappa shape index (κ3) is 13.7. The van der Waals surface area contributed by atoms with E-state index >= 15 is 0 Å². The monoisotopic (exact) mass is 741 g/mol. The molecule has 0 saturated heterocycles. The van der Waals surface area contributed by atoms with Crippen LogP contribution in [0, 0.1) is 0 Å². The fourth-order valence-corrected chi connectivity index (χ4v) is 5.63. The molecular formula is C35H55N11O7. The maximum atomic E-state index is 13.6. The van der Waals surface area contributed by atoms with Crippen molar-refractivity contribution in [3.63, 3.8) is 0 Å². The van der Waals surface area contributed by atoms with Crippen molar-refractivity contribution in [1.82, 2.24) is 26.6 Å². The van der Waals surface area contributed by atoms with Crippen molar-refractivity contribution >= 4 is 29.5 Å². The number of aliphatic hydroxyl groups excluding tert-OH is 1. The molecule has 1 heterocycles. The Hall–Kier alpha value is -4.69. The first kappa shape index (κ1) is 42.7. The summed E-state index contributed by atoms with van der Waals surface area (Å²) in [5.41, 5.74) is 37.6. The lowest BCUT2D eigenvalue weighted by molar-refractivity contribution is -0.133. The zero-order chi connectivity index (χ0) is 39.1. The SMILES string of the molecule is NCC[C@H](N)CNC(=O)[C@@H](N)CCCNC(=O)[C@@H](N)CNC(=O)[C@@H]1Cc2cccc(c2)-c2ccc(O)c(c2)C[C@H](N)C(=O)N[C@@H](C[C@@H](O)CN)C(=O)N1. The van der Waals surface area contributed by atoms with Crippen LogP contribution in [0.15, 0.2) is 42.5 Å². The van der Waals surface area contributed by atoms with Crippen molar-refractivity contribution in [3.05, 3.63) is 53.6 Å². The molecule has 4 bridgehead atoms. The average Bonchev–Trinajstić information content (AvgIpc) is 3.14. The van der Waals surface area contributed by atoms with Crippen molar-refractivity contribution < 1.29 is 34.2 Å². The Morgan fingerprint density at radius 2 is 1.57 bits per heavy atom. The number of aliphatic hydroxyl groups is 1. The molecule has 292 valence electrons. The summed E-state index contributed by atoms with van der Waals surface area (Å²) in [6.07, 6.45) is -0.244. The Balaban J connectivity index is 1.70. The first-order valence-corrected chi connectivity index (χ1v) is 17.7. The van der Waals surface area contributed by atoms with Gasteiger partial charge in [-0.25, -0.2) is 0 Å². The van der Waals surface area contributed by atoms with Crippen LogP contribution >= 0.6 is 0 Å². The van der Waals surface area contributed by atoms with E-state index in [0.717, 1.165) is 11.1 Å². The van der Waals surface area contributed by atoms with Crippen LogP contribution in [0.2, 0.25) is 0 Å². The summed E-state index contributed by atoms with van der Waals surface area (Å²) in [6.45, 7) is 0.358. The van der Waals surface area contributed by atoms with Crippen LogP contribution in [0.5, 0.6) is 5.75 Å². The van der Waals surface area contributed by atoms with Gasteiger partial charge in [-0.1, -0.05) is 30.3 Å². The van der Waals surface area contributed by atoms with E-state index in [-0.39, 0.29) is 69.6 Å². The number of amides is 5. The molecule has 7 atom stereocenters. The van der Waals surface area contributed by atoms with Crippen LogP contribution < -0.4 is 61.0 Å². The van der Waals surface area contributed by atoms with E-state index in [1.165, 1.54) is 6.07 Å². The van der Waals surface area contributed by atoms with Crippen LogP contribution in [0.1, 0.15) is 36.8 Å². The predicted molar refractivity (Wildman–Crippen MR) is 198 cm³/mol. The standard InChI is InChI=1S/C35H55N11O7/c36-9-8-23(38)17-43-31(49)25(39)5-2-10-42-32(50)27(41)18-44-34(52)28-12-19-3-1-4-20(11-19)21-6-7-30(48)22(13-21)14-26(40)33(51)45-29(35(53)46-28)15-24(47)16-37/h1,3-4,6-7,11,13,23-29,47-48H,2,5,8-10,12,14-18,36-41H2,(H,42,50)(H,43,49)(H,44,52)(H,45,51)(H,46,53)/t23-,24+,25-,26-,27-,28-,29-/m0/s1. The zero-order valence-electron chi connectivity index (χ0n) is 29.8. The molecule has 1 aliphatic heterocycles. The summed E-state index contributed by atoms with van der Waals surface area (Å²) >= 11 is 0. The topological polar surface area (TPSA) is 342 Å². The number of carbonyl (C=O) groups is 5. The third-order valence-corrected chi connectivity index (χ3v) is 8.84. The smallest absolute Gasteiger partial charge is 0.243 e. The number of fused-ring (bicyclic) bond motifs is 5. The zero-order valence-corrected chi connectivity index (χ0v) is 29.8. The number of nitrogens with one attached hydrogen (secondary N) is 5. The summed E-state index contributed by atoms with van der Waals surface area (Å²) < 4.78 is 0. The fraction of sp³-hybridized carbons (Fsp3) is 0.514. The van der Waals surface area contributed by atoms with Gasteiger partial charge in [-0.05, 0) is 60.2 Å². The fourth-order valence-electron chi connectivity index (χ4n) is 5.63. The number of carbonyl (C=O) groups excluding carboxylic acids is 5. The first-order valence-electron chi connectivity index (χ1n) is 17.7. The molecule has 2 aromatic carbocycles. The molecule has 5 amide bonds. The van der Waals surface area contributed by atoms with Crippen molar-refractivity contribution in [2.24, 2.45) is 34.4 Å². The van der Waals surface area contributed by atoms with E-state index in [4.69, 9.17) is 34.4 Å². The number of aromatic hydroxyl groups is 1. The van der Waals surface area contributed by atoms with Crippen LogP contribution in [-0.2, 0) is 36.8 Å². The number of hydrogen-bond donors (Lipinski definition) is 13. The molecule has 2 aromatic rings. The van der Waals surface area contributed by atoms with E-state index in [0.29, 0.717) is 30.5 Å². The highest BCUT2D eigenvalue weighted by Crippen LogP contribution is 2.28. The molecule has 0 spiro atoms. The lowest BCUT2D eigenvalue weighted by Crippen LogP contribution is -2.58. The van der Waals surface area contributed by atoms with Gasteiger partial charge in [-0.2, -0.15) is 0 Å².